The van der Waals surface area contributed by atoms with Crippen molar-refractivity contribution in [2.45, 2.75) is 18.9 Å². The number of imidazole rings is 4. The van der Waals surface area contributed by atoms with E-state index >= 15 is 0 Å². The first kappa shape index (κ1) is 64.2. The first-order valence-corrected chi connectivity index (χ1v) is 28.0. The molecule has 9 aromatic rings. The molecule has 0 aliphatic carbocycles. The Balaban J connectivity index is 0.691. The van der Waals surface area contributed by atoms with E-state index in [9.17, 15) is 47.5 Å². The molecule has 0 radical (unpaired) electrons. The molecule has 34 heteroatoms. The van der Waals surface area contributed by atoms with Crippen LogP contribution in [0.4, 0.5) is 44.6 Å². The number of nitrogens with one attached hydrogen (secondary N) is 9. The van der Waals surface area contributed by atoms with Gasteiger partial charge in [0.1, 0.15) is 35.2 Å². The first-order valence-electron chi connectivity index (χ1n) is 28.0. The third-order valence-corrected chi connectivity index (χ3v) is 13.9. The molecule has 92 heavy (non-hydrogen) atoms. The highest BCUT2D eigenvalue weighted by Gasteiger charge is 2.25. The normalized spacial score (nSPS) is 11.5. The molecule has 8 heterocycles. The Hall–Kier alpha value is -12.2. The number of anilines is 7. The molecule has 0 unspecified atom stereocenters. The number of rotatable bonds is 25. The molecule has 0 aliphatic heterocycles. The van der Waals surface area contributed by atoms with Crippen LogP contribution >= 0.6 is 0 Å². The average Bonchev–Trinajstić information content (AvgIpc) is 1.73. The third kappa shape index (κ3) is 15.5. The van der Waals surface area contributed by atoms with Crippen molar-refractivity contribution in [2.75, 3.05) is 56.9 Å². The van der Waals surface area contributed by atoms with Crippen LogP contribution < -0.4 is 53.6 Å². The fourth-order valence-corrected chi connectivity index (χ4v) is 9.25. The number of carbonyl (C=O) groups excluding carboxylic acids is 9. The quantitative estimate of drug-likeness (QED) is 0.0223. The minimum Gasteiger partial charge on any atom is -0.396 e. The van der Waals surface area contributed by atoms with Crippen molar-refractivity contribution in [3.05, 3.63) is 162 Å². The molecule has 11 N–H and O–H groups in total. The number of nitrogens with two attached hydrogens (primary N) is 1. The van der Waals surface area contributed by atoms with E-state index in [1.165, 1.54) is 119 Å². The summed E-state index contributed by atoms with van der Waals surface area (Å²) in [5.74, 6) is -5.39. The lowest BCUT2D eigenvalue weighted by Crippen LogP contribution is -2.39. The van der Waals surface area contributed by atoms with E-state index < -0.39 is 53.3 Å². The van der Waals surface area contributed by atoms with Gasteiger partial charge in [-0.3, -0.25) is 43.2 Å². The first-order chi connectivity index (χ1) is 43.9. The summed E-state index contributed by atoms with van der Waals surface area (Å²) in [6, 6.07) is 10.5. The van der Waals surface area contributed by atoms with Gasteiger partial charge in [0, 0.05) is 132 Å². The fourth-order valence-electron chi connectivity index (χ4n) is 9.25. The summed E-state index contributed by atoms with van der Waals surface area (Å²) in [7, 11) is 12.8. The van der Waals surface area contributed by atoms with E-state index in [1.807, 2.05) is 0 Å². The van der Waals surface area contributed by atoms with Crippen LogP contribution in [-0.4, -0.2) is 142 Å². The number of hydrogen-bond donors (Lipinski definition) is 10. The molecule has 0 saturated carbocycles. The summed E-state index contributed by atoms with van der Waals surface area (Å²) in [5, 5.41) is 28.0. The Kier molecular flexibility index (Phi) is 19.5. The van der Waals surface area contributed by atoms with E-state index in [-0.39, 0.29) is 113 Å². The summed E-state index contributed by atoms with van der Waals surface area (Å²) >= 11 is 0. The van der Waals surface area contributed by atoms with Gasteiger partial charge in [0.15, 0.2) is 23.3 Å². The Labute approximate surface area is 522 Å². The van der Waals surface area contributed by atoms with Crippen LogP contribution in [0.3, 0.4) is 0 Å². The zero-order chi connectivity index (χ0) is 66.1. The van der Waals surface area contributed by atoms with Gasteiger partial charge in [-0.2, -0.15) is 0 Å². The van der Waals surface area contributed by atoms with E-state index in [4.69, 9.17) is 10.6 Å². The van der Waals surface area contributed by atoms with Crippen LogP contribution in [0.5, 0.6) is 0 Å². The minimum atomic E-state index is -1.14. The van der Waals surface area contributed by atoms with Crippen LogP contribution in [0.15, 0.2) is 109 Å². The molecular formula is C58H64FN23O10. The molecule has 0 aliphatic rings. The molecule has 1 aromatic carbocycles. The van der Waals surface area contributed by atoms with E-state index in [2.05, 4.69) is 72.9 Å². The van der Waals surface area contributed by atoms with E-state index in [1.54, 1.807) is 84.6 Å². The zero-order valence-electron chi connectivity index (χ0n) is 50.9. The van der Waals surface area contributed by atoms with Crippen molar-refractivity contribution in [1.82, 2.24) is 67.1 Å². The maximum atomic E-state index is 13.5. The Morgan fingerprint density at radius 1 is 0.489 bits per heavy atom. The summed E-state index contributed by atoms with van der Waals surface area (Å²) in [5.41, 5.74) is 8.76. The number of hydrogen-bond acceptors (Lipinski definition) is 16. The molecule has 9 rings (SSSR count). The van der Waals surface area contributed by atoms with Crippen LogP contribution in [0.2, 0.25) is 0 Å². The lowest BCUT2D eigenvalue weighted by atomic mass is 10.2. The number of aryl methyl sites for hydroxylation is 8. The highest BCUT2D eigenvalue weighted by molar-refractivity contribution is 6.10. The van der Waals surface area contributed by atoms with Gasteiger partial charge in [-0.15, -0.1) is 0 Å². The molecule has 8 aromatic heterocycles. The summed E-state index contributed by atoms with van der Waals surface area (Å²) in [4.78, 5) is 141. The largest absolute Gasteiger partial charge is 0.396 e. The number of nitrogens with zero attached hydrogens (tertiary/aromatic N) is 13. The Morgan fingerprint density at radius 3 is 1.36 bits per heavy atom. The van der Waals surface area contributed by atoms with Gasteiger partial charge >= 0.3 is 0 Å². The van der Waals surface area contributed by atoms with E-state index in [0.717, 1.165) is 0 Å². The molecule has 33 nitrogen and oxygen atoms in total. The van der Waals surface area contributed by atoms with Gasteiger partial charge in [0.05, 0.1) is 35.0 Å². The molecular weight excluding hydrogens is 1200 g/mol. The molecule has 478 valence electrons. The van der Waals surface area contributed by atoms with Crippen molar-refractivity contribution in [3.63, 3.8) is 0 Å². The highest BCUT2D eigenvalue weighted by atomic mass is 19.1. The number of oxime groups is 1. The summed E-state index contributed by atoms with van der Waals surface area (Å²) in [6.07, 6.45) is 15.4. The standard InChI is InChI=1S/C58H64FN23O10/c1-75-18-17-61-46(75)56(89)74-45-31-82(8)49(71-45)58(91)68-37-23-42(79(5)28-37)54(87)73-44-30-80(6)47(69-44)55(88)63-16-14-38(60)50(83)72-43-29-81(7)48(70-43)57(90)67-36-22-41(78(4)27-36)53(86)66-35-21-40(77(3)26-35)52(85)65-34-20-39(76(2)25-34)51(84)62-15-9-19-92-64-24-32-10-12-33(59)13-11-32/h10-13,17-18,20-31,38H,9,14-16,19,60H2,1-8H3,(H,62,84)(H,63,88)(H,65,85)(H,66,86)(H,67,90)(H,68,91)(H,72,83)(H,73,87)(H,74,89)/b64-24-/t38-/m1/s1. The second-order valence-electron chi connectivity index (χ2n) is 21.0. The number of amides is 9. The molecule has 0 spiro atoms. The van der Waals surface area contributed by atoms with Crippen LogP contribution in [-0.2, 0) is 66.0 Å². The average molecular weight is 1260 g/mol. The number of aromatic nitrogens is 12. The topological polar surface area (TPSA) is 401 Å². The van der Waals surface area contributed by atoms with Gasteiger partial charge < -0.3 is 95.0 Å². The Bertz CT molecular complexity index is 4340. The van der Waals surface area contributed by atoms with Crippen molar-refractivity contribution in [1.29, 1.82) is 0 Å². The molecule has 0 fully saturated rings. The second kappa shape index (κ2) is 27.9. The predicted molar refractivity (Wildman–Crippen MR) is 333 cm³/mol. The summed E-state index contributed by atoms with van der Waals surface area (Å²) < 4.78 is 24.8. The van der Waals surface area contributed by atoms with Crippen molar-refractivity contribution in [3.8, 4) is 0 Å². The lowest BCUT2D eigenvalue weighted by Gasteiger charge is -2.11. The zero-order valence-corrected chi connectivity index (χ0v) is 50.9. The fraction of sp³-hybridized carbons (Fsp3) is 0.241. The van der Waals surface area contributed by atoms with E-state index in [0.29, 0.717) is 23.4 Å². The maximum absolute atomic E-state index is 13.5. The third-order valence-electron chi connectivity index (χ3n) is 13.9. The van der Waals surface area contributed by atoms with Crippen molar-refractivity contribution >= 4 is 99.6 Å². The predicted octanol–water partition coefficient (Wildman–Crippen LogP) is 2.88. The Morgan fingerprint density at radius 2 is 0.891 bits per heavy atom. The van der Waals surface area contributed by atoms with Gasteiger partial charge in [-0.25, -0.2) is 24.3 Å². The second-order valence-corrected chi connectivity index (χ2v) is 21.0. The highest BCUT2D eigenvalue weighted by Crippen LogP contribution is 2.22. The molecule has 0 bridgehead atoms. The van der Waals surface area contributed by atoms with Crippen LogP contribution in [0.25, 0.3) is 0 Å². The SMILES string of the molecule is Cn1cc(NC(=O)c2cc(NC(=O)c3cc(NC(=O)c4nc(NC(=O)[C@H](N)CCNC(=O)c5nc(NC(=O)c6cc(NC(=O)c7nc(NC(=O)c8nccn8C)cn7C)cn6C)cn5C)cn4C)cn3C)cn2C)cc1C(=O)NCCCO/N=C\c1ccc(F)cc1. The number of halogens is 1. The maximum Gasteiger partial charge on any atom is 0.292 e. The smallest absolute Gasteiger partial charge is 0.292 e. The molecule has 0 saturated heterocycles. The van der Waals surface area contributed by atoms with Crippen LogP contribution in [0, 0.1) is 5.82 Å². The van der Waals surface area contributed by atoms with Gasteiger partial charge in [-0.05, 0) is 48.4 Å². The summed E-state index contributed by atoms with van der Waals surface area (Å²) in [6.45, 7) is 0.453. The van der Waals surface area contributed by atoms with Crippen molar-refractivity contribution in [2.24, 2.45) is 67.3 Å². The van der Waals surface area contributed by atoms with Gasteiger partial charge in [0.2, 0.25) is 23.4 Å². The van der Waals surface area contributed by atoms with Gasteiger partial charge in [0.25, 0.3) is 47.3 Å². The number of benzene rings is 1. The number of carbonyl (C=O) groups is 9. The monoisotopic (exact) mass is 1260 g/mol. The molecule has 9 amide bonds. The minimum absolute atomic E-state index is 0.00755. The van der Waals surface area contributed by atoms with Crippen molar-refractivity contribution < 1.29 is 52.4 Å². The lowest BCUT2D eigenvalue weighted by molar-refractivity contribution is -0.117. The van der Waals surface area contributed by atoms with Crippen LogP contribution in [0.1, 0.15) is 103 Å². The molecule has 1 atom stereocenters. The van der Waals surface area contributed by atoms with Gasteiger partial charge in [-0.1, -0.05) is 17.3 Å².